The molecule has 0 aromatic heterocycles. The second kappa shape index (κ2) is 6.56. The maximum Gasteiger partial charge on any atom is 0.227 e. The summed E-state index contributed by atoms with van der Waals surface area (Å²) < 4.78 is 0.378. The predicted octanol–water partition coefficient (Wildman–Crippen LogP) is 2.25. The second-order valence-corrected chi connectivity index (χ2v) is 7.29. The van der Waals surface area contributed by atoms with Crippen molar-refractivity contribution in [2.75, 3.05) is 17.3 Å². The maximum absolute atomic E-state index is 10.7. The van der Waals surface area contributed by atoms with Crippen LogP contribution < -0.4 is 5.73 Å². The normalized spacial score (nSPS) is 23.1. The van der Waals surface area contributed by atoms with Crippen LogP contribution >= 0.6 is 35.3 Å². The van der Waals surface area contributed by atoms with Crippen LogP contribution in [0.1, 0.15) is 6.42 Å². The van der Waals surface area contributed by atoms with Crippen LogP contribution in [-0.4, -0.2) is 33.6 Å². The number of thioether (sulfide) groups is 3. The lowest BCUT2D eigenvalue weighted by Crippen LogP contribution is -2.13. The van der Waals surface area contributed by atoms with Crippen molar-refractivity contribution in [1.82, 2.24) is 0 Å². The largest absolute Gasteiger partial charge is 0.369 e. The Balaban J connectivity index is 1.84. The Morgan fingerprint density at radius 3 is 2.82 bits per heavy atom. The van der Waals surface area contributed by atoms with E-state index >= 15 is 0 Å². The highest BCUT2D eigenvalue weighted by Gasteiger charge is 2.15. The molecule has 0 spiro atoms. The van der Waals surface area contributed by atoms with E-state index in [1.54, 1.807) is 0 Å². The first-order chi connectivity index (χ1) is 8.24. The molecule has 1 saturated heterocycles. The van der Waals surface area contributed by atoms with Gasteiger partial charge in [0, 0.05) is 28.5 Å². The van der Waals surface area contributed by atoms with Crippen LogP contribution in [0.15, 0.2) is 28.1 Å². The molecule has 1 aliphatic heterocycles. The molecule has 17 heavy (non-hydrogen) atoms. The second-order valence-electron chi connectivity index (χ2n) is 3.57. The van der Waals surface area contributed by atoms with E-state index in [-0.39, 0.29) is 5.91 Å². The summed E-state index contributed by atoms with van der Waals surface area (Å²) in [5, 5.41) is 0. The van der Waals surface area contributed by atoms with Gasteiger partial charge in [0.15, 0.2) is 0 Å². The summed E-state index contributed by atoms with van der Waals surface area (Å²) in [6.45, 7) is 0. The van der Waals surface area contributed by atoms with E-state index in [0.29, 0.717) is 10.5 Å². The lowest BCUT2D eigenvalue weighted by molar-refractivity contribution is -0.115. The minimum atomic E-state index is -0.275. The average Bonchev–Trinajstić information content (AvgIpc) is 2.81. The Morgan fingerprint density at radius 1 is 1.47 bits per heavy atom. The number of nitrogens with zero attached hydrogens (tertiary/aromatic N) is 1. The third-order valence-electron chi connectivity index (χ3n) is 2.21. The third kappa shape index (κ3) is 4.44. The molecule has 0 unspecified atom stereocenters. The fourth-order valence-corrected chi connectivity index (χ4v) is 4.66. The van der Waals surface area contributed by atoms with Gasteiger partial charge in [0.05, 0.1) is 5.75 Å². The van der Waals surface area contributed by atoms with E-state index in [1.165, 1.54) is 23.3 Å². The Morgan fingerprint density at radius 2 is 2.24 bits per heavy atom. The van der Waals surface area contributed by atoms with Crippen molar-refractivity contribution in [1.29, 1.82) is 0 Å². The Bertz CT molecular complexity index is 384. The molecule has 2 aliphatic rings. The lowest BCUT2D eigenvalue weighted by Gasteiger charge is -2.09. The van der Waals surface area contributed by atoms with Crippen molar-refractivity contribution in [3.05, 3.63) is 23.1 Å². The van der Waals surface area contributed by atoms with E-state index in [0.717, 1.165) is 17.0 Å². The smallest absolute Gasteiger partial charge is 0.227 e. The molecule has 0 bridgehead atoms. The minimum absolute atomic E-state index is 0.275. The summed E-state index contributed by atoms with van der Waals surface area (Å²) >= 11 is 5.30. The molecule has 0 aromatic rings. The lowest BCUT2D eigenvalue weighted by atomic mass is 10.1. The standard InChI is InChI=1S/C11H14N2OS3/c12-10(14)7-17-9-3-1-8(2-4-9)13-11-15-5-6-16-11/h1,3-4,11H,2,5-7H2,(H2,12,14). The number of carbonyl (C=O) groups excluding carboxylic acids is 1. The molecule has 6 heteroatoms. The number of hydrogen-bond donors (Lipinski definition) is 1. The van der Waals surface area contributed by atoms with Gasteiger partial charge in [-0.3, -0.25) is 9.79 Å². The van der Waals surface area contributed by atoms with Crippen LogP contribution in [0.25, 0.3) is 0 Å². The number of nitrogens with two attached hydrogens (primary N) is 1. The molecule has 0 aromatic carbocycles. The fraction of sp³-hybridized carbons (Fsp3) is 0.455. The van der Waals surface area contributed by atoms with Crippen molar-refractivity contribution >= 4 is 46.9 Å². The number of allylic oxidation sites excluding steroid dienone is 3. The van der Waals surface area contributed by atoms with Gasteiger partial charge in [0.2, 0.25) is 5.91 Å². The third-order valence-corrected chi connectivity index (χ3v) is 6.01. The molecule has 3 nitrogen and oxygen atoms in total. The molecule has 2 N–H and O–H groups in total. The zero-order chi connectivity index (χ0) is 12.1. The minimum Gasteiger partial charge on any atom is -0.369 e. The van der Waals surface area contributed by atoms with E-state index in [2.05, 4.69) is 11.1 Å². The van der Waals surface area contributed by atoms with E-state index < -0.39 is 0 Å². The van der Waals surface area contributed by atoms with Crippen molar-refractivity contribution < 1.29 is 4.79 Å². The van der Waals surface area contributed by atoms with Crippen LogP contribution in [0.2, 0.25) is 0 Å². The SMILES string of the molecule is NC(=O)CSC1=CCC(=NC2SCCS2)C=C1. The number of aliphatic imine (C=N–C) groups is 1. The van der Waals surface area contributed by atoms with Gasteiger partial charge in [-0.1, -0.05) is 6.08 Å². The van der Waals surface area contributed by atoms with Crippen molar-refractivity contribution in [3.8, 4) is 0 Å². The van der Waals surface area contributed by atoms with Crippen LogP contribution in [-0.2, 0) is 4.79 Å². The van der Waals surface area contributed by atoms with Gasteiger partial charge >= 0.3 is 0 Å². The molecule has 0 radical (unpaired) electrons. The first kappa shape index (κ1) is 13.1. The number of carbonyl (C=O) groups is 1. The predicted molar refractivity (Wildman–Crippen MR) is 79.6 cm³/mol. The first-order valence-electron chi connectivity index (χ1n) is 5.33. The van der Waals surface area contributed by atoms with Gasteiger partial charge in [-0.25, -0.2) is 0 Å². The topological polar surface area (TPSA) is 55.5 Å². The number of hydrogen-bond acceptors (Lipinski definition) is 5. The van der Waals surface area contributed by atoms with Crippen molar-refractivity contribution in [3.63, 3.8) is 0 Å². The average molecular weight is 286 g/mol. The zero-order valence-corrected chi connectivity index (χ0v) is 11.7. The highest BCUT2D eigenvalue weighted by molar-refractivity contribution is 8.20. The Kier molecular flexibility index (Phi) is 5.06. The van der Waals surface area contributed by atoms with Crippen molar-refractivity contribution in [2.45, 2.75) is 11.1 Å². The van der Waals surface area contributed by atoms with E-state index in [1.807, 2.05) is 35.7 Å². The van der Waals surface area contributed by atoms with E-state index in [9.17, 15) is 4.79 Å². The number of primary amides is 1. The molecule has 0 saturated carbocycles. The summed E-state index contributed by atoms with van der Waals surface area (Å²) in [6, 6.07) is 0. The zero-order valence-electron chi connectivity index (χ0n) is 9.30. The fourth-order valence-electron chi connectivity index (χ4n) is 1.43. The van der Waals surface area contributed by atoms with Crippen molar-refractivity contribution in [2.24, 2.45) is 10.7 Å². The maximum atomic E-state index is 10.7. The van der Waals surface area contributed by atoms with Gasteiger partial charge in [0.25, 0.3) is 0 Å². The molecule has 0 atom stereocenters. The van der Waals surface area contributed by atoms with Crippen LogP contribution in [0.5, 0.6) is 0 Å². The van der Waals surface area contributed by atoms with Gasteiger partial charge in [-0.05, 0) is 12.2 Å². The van der Waals surface area contributed by atoms with E-state index in [4.69, 9.17) is 5.73 Å². The monoisotopic (exact) mass is 286 g/mol. The van der Waals surface area contributed by atoms with Gasteiger partial charge in [-0.15, -0.1) is 35.3 Å². The molecule has 1 heterocycles. The summed E-state index contributed by atoms with van der Waals surface area (Å²) in [6.07, 6.45) is 7.02. The highest BCUT2D eigenvalue weighted by atomic mass is 32.2. The molecule has 92 valence electrons. The molecule has 1 aliphatic carbocycles. The summed E-state index contributed by atoms with van der Waals surface area (Å²) in [4.78, 5) is 16.4. The van der Waals surface area contributed by atoms with Gasteiger partial charge < -0.3 is 5.73 Å². The van der Waals surface area contributed by atoms with Crippen LogP contribution in [0.3, 0.4) is 0 Å². The molecule has 1 fully saturated rings. The molecule has 1 amide bonds. The Labute approximate surface area is 114 Å². The number of amides is 1. The molecular formula is C11H14N2OS3. The highest BCUT2D eigenvalue weighted by Crippen LogP contribution is 2.33. The van der Waals surface area contributed by atoms with Crippen LogP contribution in [0.4, 0.5) is 0 Å². The van der Waals surface area contributed by atoms with Gasteiger partial charge in [-0.2, -0.15) is 0 Å². The summed E-state index contributed by atoms with van der Waals surface area (Å²) in [5.74, 6) is 2.47. The van der Waals surface area contributed by atoms with Crippen LogP contribution in [0, 0.1) is 0 Å². The summed E-state index contributed by atoms with van der Waals surface area (Å²) in [7, 11) is 0. The van der Waals surface area contributed by atoms with Gasteiger partial charge in [0.1, 0.15) is 4.71 Å². The summed E-state index contributed by atoms with van der Waals surface area (Å²) in [5.41, 5.74) is 6.23. The molecule has 2 rings (SSSR count). The Hall–Kier alpha value is -0.330. The number of rotatable bonds is 4. The molecular weight excluding hydrogens is 272 g/mol. The quantitative estimate of drug-likeness (QED) is 0.861. The first-order valence-corrected chi connectivity index (χ1v) is 8.41.